The number of hydrogen-bond acceptors (Lipinski definition) is 7. The van der Waals surface area contributed by atoms with Gasteiger partial charge >= 0.3 is 0 Å². The maximum atomic E-state index is 12.6. The molecule has 0 bridgehead atoms. The van der Waals surface area contributed by atoms with Crippen molar-refractivity contribution in [2.45, 2.75) is 25.8 Å². The number of thioether (sulfide) groups is 1. The predicted molar refractivity (Wildman–Crippen MR) is 99.4 cm³/mol. The van der Waals surface area contributed by atoms with Gasteiger partial charge in [-0.2, -0.15) is 0 Å². The molecule has 140 valence electrons. The summed E-state index contributed by atoms with van der Waals surface area (Å²) in [6, 6.07) is 5.09. The Bertz CT molecular complexity index is 995. The fourth-order valence-electron chi connectivity index (χ4n) is 2.57. The van der Waals surface area contributed by atoms with E-state index in [9.17, 15) is 9.59 Å². The minimum absolute atomic E-state index is 0.290. The van der Waals surface area contributed by atoms with Crippen LogP contribution in [0.2, 0.25) is 0 Å². The molecule has 2 amide bonds. The zero-order valence-electron chi connectivity index (χ0n) is 15.2. The lowest BCUT2D eigenvalue weighted by atomic mass is 10.2. The second-order valence-electron chi connectivity index (χ2n) is 5.73. The number of furan rings is 2. The second-order valence-corrected chi connectivity index (χ2v) is 6.52. The van der Waals surface area contributed by atoms with Crippen molar-refractivity contribution < 1.29 is 18.4 Å². The summed E-state index contributed by atoms with van der Waals surface area (Å²) in [6.45, 7) is 5.13. The molecular weight excluding hydrogens is 368 g/mol. The topological polar surface area (TPSA) is 110 Å². The maximum Gasteiger partial charge on any atom is 0.274 e. The Labute approximate surface area is 159 Å². The molecule has 3 heterocycles. The van der Waals surface area contributed by atoms with Gasteiger partial charge in [0.2, 0.25) is 0 Å². The normalized spacial score (nSPS) is 10.7. The molecule has 0 aliphatic carbocycles. The molecule has 8 nitrogen and oxygen atoms in total. The van der Waals surface area contributed by atoms with Gasteiger partial charge in [-0.15, -0.1) is 11.8 Å². The summed E-state index contributed by atoms with van der Waals surface area (Å²) in [7, 11) is 0. The number of rotatable bonds is 4. The Hall–Kier alpha value is -3.07. The van der Waals surface area contributed by atoms with Gasteiger partial charge in [-0.1, -0.05) is 0 Å². The first-order chi connectivity index (χ1) is 12.9. The Morgan fingerprint density at radius 1 is 1.11 bits per heavy atom. The smallest absolute Gasteiger partial charge is 0.274 e. The molecule has 3 aromatic heterocycles. The first-order valence-corrected chi connectivity index (χ1v) is 9.27. The third-order valence-corrected chi connectivity index (χ3v) is 4.48. The van der Waals surface area contributed by atoms with Crippen molar-refractivity contribution in [3.8, 4) is 11.6 Å². The summed E-state index contributed by atoms with van der Waals surface area (Å²) < 4.78 is 10.6. The Kier molecular flexibility index (Phi) is 5.31. The van der Waals surface area contributed by atoms with Crippen LogP contribution >= 0.6 is 11.8 Å². The molecule has 0 saturated heterocycles. The lowest BCUT2D eigenvalue weighted by molar-refractivity contribution is 0.0843. The molecule has 0 aromatic carbocycles. The van der Waals surface area contributed by atoms with Crippen molar-refractivity contribution in [1.82, 2.24) is 20.8 Å². The van der Waals surface area contributed by atoms with Crippen molar-refractivity contribution in [2.75, 3.05) is 6.26 Å². The molecule has 0 unspecified atom stereocenters. The molecule has 2 N–H and O–H groups in total. The van der Waals surface area contributed by atoms with E-state index in [0.717, 1.165) is 0 Å². The van der Waals surface area contributed by atoms with Crippen molar-refractivity contribution in [1.29, 1.82) is 0 Å². The van der Waals surface area contributed by atoms with Gasteiger partial charge in [-0.05, 0) is 45.2 Å². The van der Waals surface area contributed by atoms with E-state index in [4.69, 9.17) is 8.83 Å². The quantitative estimate of drug-likeness (QED) is 0.403. The average molecular weight is 386 g/mol. The highest BCUT2D eigenvalue weighted by Gasteiger charge is 2.21. The van der Waals surface area contributed by atoms with E-state index in [-0.39, 0.29) is 0 Å². The first kappa shape index (κ1) is 18.7. The van der Waals surface area contributed by atoms with Crippen molar-refractivity contribution in [3.63, 3.8) is 0 Å². The summed E-state index contributed by atoms with van der Waals surface area (Å²) >= 11 is 1.30. The van der Waals surface area contributed by atoms with E-state index < -0.39 is 11.8 Å². The molecule has 0 spiro atoms. The van der Waals surface area contributed by atoms with Gasteiger partial charge in [0.15, 0.2) is 11.6 Å². The van der Waals surface area contributed by atoms with Crippen molar-refractivity contribution >= 4 is 23.6 Å². The lowest BCUT2D eigenvalue weighted by Gasteiger charge is -2.12. The van der Waals surface area contributed by atoms with Gasteiger partial charge in [-0.3, -0.25) is 20.4 Å². The molecule has 0 aliphatic heterocycles. The van der Waals surface area contributed by atoms with Crippen LogP contribution in [0.25, 0.3) is 11.6 Å². The molecule has 0 fully saturated rings. The van der Waals surface area contributed by atoms with E-state index in [2.05, 4.69) is 20.8 Å². The molecule has 9 heteroatoms. The summed E-state index contributed by atoms with van der Waals surface area (Å²) in [4.78, 5) is 33.6. The molecule has 0 radical (unpaired) electrons. The van der Waals surface area contributed by atoms with E-state index in [1.54, 1.807) is 45.2 Å². The summed E-state index contributed by atoms with van der Waals surface area (Å²) in [5.41, 5.74) is 5.92. The van der Waals surface area contributed by atoms with Gasteiger partial charge in [0.05, 0.1) is 23.1 Å². The number of carbonyl (C=O) groups is 2. The number of nitrogens with one attached hydrogen (secondary N) is 2. The standard InChI is InChI=1S/C18H18N4O4S/c1-9-8-12(11(3)26-9)16(23)21-22-17(24)14-10(2)19-15(20-18(14)27-4)13-6-5-7-25-13/h5-8H,1-4H3,(H,21,23)(H,22,24). The zero-order valence-corrected chi connectivity index (χ0v) is 16.1. The zero-order chi connectivity index (χ0) is 19.6. The number of aryl methyl sites for hydroxylation is 3. The minimum Gasteiger partial charge on any atom is -0.466 e. The number of carbonyl (C=O) groups excluding carboxylic acids is 2. The van der Waals surface area contributed by atoms with Gasteiger partial charge in [0.25, 0.3) is 11.8 Å². The van der Waals surface area contributed by atoms with Crippen LogP contribution in [-0.2, 0) is 0 Å². The second kappa shape index (κ2) is 7.67. The number of nitrogens with zero attached hydrogens (tertiary/aromatic N) is 2. The lowest BCUT2D eigenvalue weighted by Crippen LogP contribution is -2.42. The highest BCUT2D eigenvalue weighted by atomic mass is 32.2. The summed E-state index contributed by atoms with van der Waals surface area (Å²) in [6.07, 6.45) is 3.34. The van der Waals surface area contributed by atoms with Crippen LogP contribution in [0.1, 0.15) is 37.9 Å². The number of hydrogen-bond donors (Lipinski definition) is 2. The predicted octanol–water partition coefficient (Wildman–Crippen LogP) is 3.05. The van der Waals surface area contributed by atoms with Crippen LogP contribution in [0.5, 0.6) is 0 Å². The minimum atomic E-state index is -0.505. The molecule has 3 aromatic rings. The highest BCUT2D eigenvalue weighted by Crippen LogP contribution is 2.25. The third kappa shape index (κ3) is 3.87. The fourth-order valence-corrected chi connectivity index (χ4v) is 3.19. The first-order valence-electron chi connectivity index (χ1n) is 8.05. The Morgan fingerprint density at radius 2 is 1.85 bits per heavy atom. The van der Waals surface area contributed by atoms with Gasteiger partial charge < -0.3 is 8.83 Å². The van der Waals surface area contributed by atoms with Crippen LogP contribution < -0.4 is 10.9 Å². The van der Waals surface area contributed by atoms with E-state index >= 15 is 0 Å². The number of hydrazine groups is 1. The molecule has 3 rings (SSSR count). The average Bonchev–Trinajstić information content (AvgIpc) is 3.28. The molecule has 0 aliphatic rings. The van der Waals surface area contributed by atoms with Gasteiger partial charge in [0, 0.05) is 0 Å². The van der Waals surface area contributed by atoms with E-state index in [1.807, 2.05) is 0 Å². The van der Waals surface area contributed by atoms with Crippen LogP contribution in [0.3, 0.4) is 0 Å². The molecule has 0 saturated carbocycles. The van der Waals surface area contributed by atoms with E-state index in [1.165, 1.54) is 18.0 Å². The number of aromatic nitrogens is 2. The summed E-state index contributed by atoms with van der Waals surface area (Å²) in [5, 5.41) is 0.482. The van der Waals surface area contributed by atoms with E-state index in [0.29, 0.717) is 45.0 Å². The van der Waals surface area contributed by atoms with Crippen LogP contribution in [0.4, 0.5) is 0 Å². The highest BCUT2D eigenvalue weighted by molar-refractivity contribution is 7.98. The van der Waals surface area contributed by atoms with Gasteiger partial charge in [0.1, 0.15) is 16.5 Å². The largest absolute Gasteiger partial charge is 0.466 e. The molecule has 27 heavy (non-hydrogen) atoms. The molecule has 0 atom stereocenters. The molecular formula is C18H18N4O4S. The van der Waals surface area contributed by atoms with Crippen molar-refractivity contribution in [3.05, 3.63) is 52.8 Å². The van der Waals surface area contributed by atoms with Crippen LogP contribution in [0.15, 0.2) is 38.3 Å². The third-order valence-electron chi connectivity index (χ3n) is 3.79. The monoisotopic (exact) mass is 386 g/mol. The SMILES string of the molecule is CSc1nc(-c2ccco2)nc(C)c1C(=O)NNC(=O)c1cc(C)oc1C. The van der Waals surface area contributed by atoms with Gasteiger partial charge in [-0.25, -0.2) is 9.97 Å². The van der Waals surface area contributed by atoms with Crippen molar-refractivity contribution in [2.24, 2.45) is 0 Å². The van der Waals surface area contributed by atoms with Crippen LogP contribution in [0, 0.1) is 20.8 Å². The Morgan fingerprint density at radius 3 is 2.44 bits per heavy atom. The maximum absolute atomic E-state index is 12.6. The number of amides is 2. The summed E-state index contributed by atoms with van der Waals surface area (Å²) in [5.74, 6) is 1.03. The Balaban J connectivity index is 1.80. The van der Waals surface area contributed by atoms with Crippen LogP contribution in [-0.4, -0.2) is 28.0 Å². The fraction of sp³-hybridized carbons (Fsp3) is 0.222.